The molecule has 2 fully saturated rings. The topological polar surface area (TPSA) is 124 Å². The molecule has 0 spiro atoms. The molecule has 2 aliphatic rings. The number of hydrogen-bond acceptors (Lipinski definition) is 10. The maximum atomic E-state index is 14.4. The Balaban J connectivity index is 0.00000370. The zero-order valence-electron chi connectivity index (χ0n) is 22.4. The van der Waals surface area contributed by atoms with Gasteiger partial charge in [0.15, 0.2) is 29.3 Å². The van der Waals surface area contributed by atoms with Crippen LogP contribution in [-0.4, -0.2) is 65.5 Å². The van der Waals surface area contributed by atoms with Crippen molar-refractivity contribution in [3.8, 4) is 5.75 Å². The van der Waals surface area contributed by atoms with Crippen molar-refractivity contribution in [3.63, 3.8) is 0 Å². The lowest BCUT2D eigenvalue weighted by Gasteiger charge is -2.34. The monoisotopic (exact) mass is 583 g/mol. The van der Waals surface area contributed by atoms with Crippen LogP contribution < -0.4 is 20.7 Å². The highest BCUT2D eigenvalue weighted by Crippen LogP contribution is 2.35. The SMILES string of the molecule is CO[C@H]1CNCC[C@@H]1C(Oc1cnc(N2C[C@H](c3cc(F)c(F)cc3F)[C@@H](N)C2)nc1)c1nc(C(C)C)no1.Cl. The van der Waals surface area contributed by atoms with E-state index in [0.717, 1.165) is 19.0 Å². The molecule has 0 amide bonds. The molecule has 1 unspecified atom stereocenters. The predicted octanol–water partition coefficient (Wildman–Crippen LogP) is 3.50. The molecule has 2 aromatic heterocycles. The molecule has 218 valence electrons. The van der Waals surface area contributed by atoms with Gasteiger partial charge in [0.2, 0.25) is 5.95 Å². The fourth-order valence-corrected chi connectivity index (χ4v) is 5.20. The molecule has 3 aromatic rings. The van der Waals surface area contributed by atoms with Crippen LogP contribution in [0.1, 0.15) is 55.5 Å². The van der Waals surface area contributed by atoms with Crippen LogP contribution in [0.4, 0.5) is 19.1 Å². The molecule has 14 heteroatoms. The molecule has 2 saturated heterocycles. The molecule has 10 nitrogen and oxygen atoms in total. The molecule has 2 aliphatic heterocycles. The summed E-state index contributed by atoms with van der Waals surface area (Å²) in [5.41, 5.74) is 6.27. The van der Waals surface area contributed by atoms with Crippen molar-refractivity contribution in [2.24, 2.45) is 11.7 Å². The number of benzene rings is 1. The Morgan fingerprint density at radius 3 is 2.50 bits per heavy atom. The minimum atomic E-state index is -1.24. The van der Waals surface area contributed by atoms with Crippen LogP contribution in [-0.2, 0) is 4.74 Å². The highest BCUT2D eigenvalue weighted by Gasteiger charge is 2.39. The van der Waals surface area contributed by atoms with Gasteiger partial charge in [-0.2, -0.15) is 4.98 Å². The molecule has 0 bridgehead atoms. The van der Waals surface area contributed by atoms with Gasteiger partial charge in [-0.25, -0.2) is 23.1 Å². The van der Waals surface area contributed by atoms with E-state index in [4.69, 9.17) is 19.7 Å². The lowest BCUT2D eigenvalue weighted by molar-refractivity contribution is -0.0307. The van der Waals surface area contributed by atoms with E-state index in [1.807, 2.05) is 13.8 Å². The van der Waals surface area contributed by atoms with Crippen LogP contribution in [0.5, 0.6) is 5.75 Å². The highest BCUT2D eigenvalue weighted by molar-refractivity contribution is 5.85. The molecule has 40 heavy (non-hydrogen) atoms. The second kappa shape index (κ2) is 12.7. The number of anilines is 1. The lowest BCUT2D eigenvalue weighted by Crippen LogP contribution is -2.45. The smallest absolute Gasteiger partial charge is 0.268 e. The van der Waals surface area contributed by atoms with Crippen molar-refractivity contribution in [2.75, 3.05) is 38.2 Å². The number of nitrogens with zero attached hydrogens (tertiary/aromatic N) is 5. The standard InChI is InChI=1S/C26H32F3N7O3.ClH/c1-13(2)24-34-25(39-35-24)23(15-4-5-31-10-22(15)37-3)38-14-8-32-26(33-9-14)36-11-17(21(30)12-36)16-6-19(28)20(29)7-18(16)27;/h6-9,13,15,17,21-23,31H,4-5,10-12,30H2,1-3H3;1H/t15-,17+,21-,22-,23?;/m0./s1. The fraction of sp³-hybridized carbons (Fsp3) is 0.538. The summed E-state index contributed by atoms with van der Waals surface area (Å²) >= 11 is 0. The third kappa shape index (κ3) is 6.17. The van der Waals surface area contributed by atoms with Gasteiger partial charge >= 0.3 is 0 Å². The summed E-state index contributed by atoms with van der Waals surface area (Å²) in [4.78, 5) is 15.2. The average molecular weight is 584 g/mol. The van der Waals surface area contributed by atoms with Gasteiger partial charge in [0.1, 0.15) is 5.82 Å². The fourth-order valence-electron chi connectivity index (χ4n) is 5.20. The molecule has 0 aliphatic carbocycles. The summed E-state index contributed by atoms with van der Waals surface area (Å²) in [7, 11) is 1.66. The number of piperidine rings is 1. The quantitative estimate of drug-likeness (QED) is 0.381. The molecule has 5 atom stereocenters. The molecule has 3 N–H and O–H groups in total. The van der Waals surface area contributed by atoms with Gasteiger partial charge < -0.3 is 29.9 Å². The first-order chi connectivity index (χ1) is 18.7. The van der Waals surface area contributed by atoms with Gasteiger partial charge in [-0.3, -0.25) is 0 Å². The molecule has 0 radical (unpaired) electrons. The number of methoxy groups -OCH3 is 1. The Bertz CT molecular complexity index is 1280. The summed E-state index contributed by atoms with van der Waals surface area (Å²) in [6.07, 6.45) is 3.14. The zero-order valence-corrected chi connectivity index (χ0v) is 23.2. The first kappa shape index (κ1) is 30.0. The first-order valence-corrected chi connectivity index (χ1v) is 13.0. The predicted molar refractivity (Wildman–Crippen MR) is 142 cm³/mol. The van der Waals surface area contributed by atoms with E-state index in [9.17, 15) is 13.2 Å². The molecule has 5 rings (SSSR count). The van der Waals surface area contributed by atoms with E-state index < -0.39 is 35.5 Å². The van der Waals surface area contributed by atoms with E-state index in [1.165, 1.54) is 12.4 Å². The van der Waals surface area contributed by atoms with E-state index in [-0.39, 0.29) is 42.5 Å². The number of nitrogens with two attached hydrogens (primary N) is 1. The summed E-state index contributed by atoms with van der Waals surface area (Å²) in [6, 6.07) is 0.891. The van der Waals surface area contributed by atoms with Crippen LogP contribution in [0, 0.1) is 23.4 Å². The van der Waals surface area contributed by atoms with E-state index in [1.54, 1.807) is 12.0 Å². The van der Waals surface area contributed by atoms with Crippen LogP contribution in [0.25, 0.3) is 0 Å². The number of aromatic nitrogens is 4. The largest absolute Gasteiger partial charge is 0.477 e. The third-order valence-electron chi connectivity index (χ3n) is 7.35. The normalized spacial score (nSPS) is 23.8. The minimum Gasteiger partial charge on any atom is -0.477 e. The molecule has 1 aromatic carbocycles. The van der Waals surface area contributed by atoms with Crippen LogP contribution in [0.3, 0.4) is 0 Å². The van der Waals surface area contributed by atoms with Crippen molar-refractivity contribution in [1.82, 2.24) is 25.4 Å². The average Bonchev–Trinajstić information content (AvgIpc) is 3.57. The number of hydrogen-bond donors (Lipinski definition) is 2. The Labute approximate surface area is 236 Å². The second-order valence-electron chi connectivity index (χ2n) is 10.3. The van der Waals surface area contributed by atoms with Crippen LogP contribution in [0.2, 0.25) is 0 Å². The highest BCUT2D eigenvalue weighted by atomic mass is 35.5. The Hall–Kier alpha value is -3.00. The van der Waals surface area contributed by atoms with Gasteiger partial charge in [0.05, 0.1) is 18.5 Å². The van der Waals surface area contributed by atoms with Crippen molar-refractivity contribution >= 4 is 18.4 Å². The van der Waals surface area contributed by atoms with Crippen molar-refractivity contribution in [1.29, 1.82) is 0 Å². The first-order valence-electron chi connectivity index (χ1n) is 13.0. The molecular formula is C26H33ClF3N7O3. The lowest BCUT2D eigenvalue weighted by atomic mass is 9.89. The minimum absolute atomic E-state index is 0. The van der Waals surface area contributed by atoms with Gasteiger partial charge in [-0.1, -0.05) is 19.0 Å². The van der Waals surface area contributed by atoms with E-state index >= 15 is 0 Å². The number of nitrogens with one attached hydrogen (secondary N) is 1. The summed E-state index contributed by atoms with van der Waals surface area (Å²) < 4.78 is 59.2. The Kier molecular flexibility index (Phi) is 9.49. The van der Waals surface area contributed by atoms with E-state index in [2.05, 4.69) is 25.4 Å². The zero-order chi connectivity index (χ0) is 27.7. The summed E-state index contributed by atoms with van der Waals surface area (Å²) in [5.74, 6) is -2.00. The Morgan fingerprint density at radius 1 is 1.10 bits per heavy atom. The third-order valence-corrected chi connectivity index (χ3v) is 7.35. The molecule has 0 saturated carbocycles. The summed E-state index contributed by atoms with van der Waals surface area (Å²) in [6.45, 7) is 5.98. The van der Waals surface area contributed by atoms with E-state index in [0.29, 0.717) is 42.6 Å². The number of rotatable bonds is 8. The van der Waals surface area contributed by atoms with Gasteiger partial charge in [0, 0.05) is 56.6 Å². The van der Waals surface area contributed by atoms with Crippen LogP contribution >= 0.6 is 12.4 Å². The van der Waals surface area contributed by atoms with Gasteiger partial charge in [0.25, 0.3) is 5.89 Å². The van der Waals surface area contributed by atoms with Crippen molar-refractivity contribution in [2.45, 2.75) is 50.4 Å². The van der Waals surface area contributed by atoms with Gasteiger partial charge in [-0.15, -0.1) is 12.4 Å². The van der Waals surface area contributed by atoms with Crippen molar-refractivity contribution < 1.29 is 27.2 Å². The maximum absolute atomic E-state index is 14.4. The second-order valence-corrected chi connectivity index (χ2v) is 10.3. The molecular weight excluding hydrogens is 551 g/mol. The summed E-state index contributed by atoms with van der Waals surface area (Å²) in [5, 5.41) is 7.43. The number of ether oxygens (including phenoxy) is 2. The van der Waals surface area contributed by atoms with Gasteiger partial charge in [-0.05, 0) is 24.6 Å². The van der Waals surface area contributed by atoms with Crippen LogP contribution in [0.15, 0.2) is 29.0 Å². The maximum Gasteiger partial charge on any atom is 0.268 e. The van der Waals surface area contributed by atoms with Crippen molar-refractivity contribution in [3.05, 3.63) is 59.3 Å². The molecule has 4 heterocycles. The number of halogens is 4. The Morgan fingerprint density at radius 2 is 1.82 bits per heavy atom.